The highest BCUT2D eigenvalue weighted by Gasteiger charge is 2.35. The number of aliphatic hydroxyl groups is 1. The molecule has 11 nitrogen and oxygen atoms in total. The first-order chi connectivity index (χ1) is 18.1. The smallest absolute Gasteiger partial charge is 0.333 e. The predicted molar refractivity (Wildman–Crippen MR) is 141 cm³/mol. The number of hydrogen-bond acceptors (Lipinski definition) is 11. The van der Waals surface area contributed by atoms with Crippen LogP contribution in [0.4, 0.5) is 5.82 Å². The molecular weight excluding hydrogens is 577 g/mol. The van der Waals surface area contributed by atoms with Gasteiger partial charge >= 0.3 is 10.3 Å². The highest BCUT2D eigenvalue weighted by molar-refractivity contribution is 7.84. The van der Waals surface area contributed by atoms with E-state index in [-0.39, 0.29) is 29.8 Å². The summed E-state index contributed by atoms with van der Waals surface area (Å²) in [6, 6.07) is 5.05. The predicted octanol–water partition coefficient (Wildman–Crippen LogP) is 2.90. The molecular formula is C23H23Cl2N5O6S2. The van der Waals surface area contributed by atoms with Crippen molar-refractivity contribution in [1.82, 2.24) is 15.0 Å². The Morgan fingerprint density at radius 2 is 2.13 bits per heavy atom. The van der Waals surface area contributed by atoms with Gasteiger partial charge in [-0.15, -0.1) is 11.3 Å². The lowest BCUT2D eigenvalue weighted by molar-refractivity contribution is 0.0667. The average Bonchev–Trinajstić information content (AvgIpc) is 3.43. The van der Waals surface area contributed by atoms with Crippen LogP contribution in [0.25, 0.3) is 0 Å². The molecule has 0 bridgehead atoms. The largest absolute Gasteiger partial charge is 0.393 e. The zero-order valence-electron chi connectivity index (χ0n) is 19.7. The number of hydrogen-bond donors (Lipinski definition) is 3. The third-order valence-electron chi connectivity index (χ3n) is 6.50. The van der Waals surface area contributed by atoms with Crippen LogP contribution >= 0.6 is 34.5 Å². The van der Waals surface area contributed by atoms with Crippen LogP contribution in [0.15, 0.2) is 30.7 Å². The maximum absolute atomic E-state index is 13.5. The van der Waals surface area contributed by atoms with Gasteiger partial charge < -0.3 is 15.2 Å². The average molecular weight is 601 g/mol. The summed E-state index contributed by atoms with van der Waals surface area (Å²) in [5.41, 5.74) is 2.53. The SMILES string of the molecule is NS(=O)(=O)OC[C@H]1C[C@@H](Nc2ncncc2C(=O)c2cc([C@H]3OCCc4ccc(Cl)nc43)c(Cl)s2)C[C@@H]1O. The van der Waals surface area contributed by atoms with Gasteiger partial charge in [-0.2, -0.15) is 8.42 Å². The van der Waals surface area contributed by atoms with Gasteiger partial charge in [-0.05, 0) is 37.0 Å². The normalized spacial score (nSPS) is 23.3. The fraction of sp³-hybridized carbons (Fsp3) is 0.391. The van der Waals surface area contributed by atoms with Crippen LogP contribution in [0.2, 0.25) is 9.49 Å². The van der Waals surface area contributed by atoms with Crippen molar-refractivity contribution in [3.8, 4) is 0 Å². The van der Waals surface area contributed by atoms with E-state index in [0.29, 0.717) is 51.5 Å². The number of nitrogens with one attached hydrogen (secondary N) is 1. The summed E-state index contributed by atoms with van der Waals surface area (Å²) in [6.07, 6.45) is 2.74. The molecule has 4 atom stereocenters. The molecule has 2 aliphatic rings. The van der Waals surface area contributed by atoms with E-state index < -0.39 is 28.4 Å². The number of thiophene rings is 1. The monoisotopic (exact) mass is 599 g/mol. The molecule has 1 saturated carbocycles. The molecule has 1 aliphatic heterocycles. The summed E-state index contributed by atoms with van der Waals surface area (Å²) < 4.78 is 33.2. The van der Waals surface area contributed by atoms with Crippen LogP contribution in [0.3, 0.4) is 0 Å². The molecule has 4 heterocycles. The van der Waals surface area contributed by atoms with Crippen LogP contribution in [-0.2, 0) is 25.6 Å². The minimum atomic E-state index is -4.11. The van der Waals surface area contributed by atoms with Crippen LogP contribution in [0.5, 0.6) is 0 Å². The van der Waals surface area contributed by atoms with Gasteiger partial charge in [-0.25, -0.2) is 20.1 Å². The first kappa shape index (κ1) is 27.3. The Labute approximate surface area is 232 Å². The van der Waals surface area contributed by atoms with Crippen LogP contribution in [0, 0.1) is 5.92 Å². The fourth-order valence-corrected chi connectivity index (χ4v) is 6.50. The molecule has 0 unspecified atom stereocenters. The molecule has 15 heteroatoms. The molecule has 0 radical (unpaired) electrons. The standard InChI is InChI=1S/C23H23Cl2N5O6S2/c24-18-2-1-11-3-4-35-21(19(11)30-18)14-7-17(37-22(14)25)20(32)15-8-27-10-28-23(15)29-13-5-12(16(31)6-13)9-36-38(26,33)34/h1-2,7-8,10,12-13,16,21,31H,3-6,9H2,(H2,26,33,34)(H,27,28,29)/t12-,13-,16+,21-/m1/s1. The Morgan fingerprint density at radius 1 is 1.32 bits per heavy atom. The quantitative estimate of drug-likeness (QED) is 0.258. The molecule has 0 amide bonds. The lowest BCUT2D eigenvalue weighted by Gasteiger charge is -2.25. The number of anilines is 1. The summed E-state index contributed by atoms with van der Waals surface area (Å²) in [7, 11) is -4.11. The molecule has 38 heavy (non-hydrogen) atoms. The number of rotatable bonds is 8. The van der Waals surface area contributed by atoms with E-state index in [1.165, 1.54) is 12.5 Å². The van der Waals surface area contributed by atoms with E-state index >= 15 is 0 Å². The van der Waals surface area contributed by atoms with Crippen molar-refractivity contribution >= 4 is 56.4 Å². The van der Waals surface area contributed by atoms with Crippen LogP contribution in [0.1, 0.15) is 51.0 Å². The highest BCUT2D eigenvalue weighted by Crippen LogP contribution is 2.41. The van der Waals surface area contributed by atoms with E-state index in [9.17, 15) is 18.3 Å². The molecule has 0 saturated heterocycles. The topological polar surface area (TPSA) is 167 Å². The lowest BCUT2D eigenvalue weighted by atomic mass is 9.99. The summed E-state index contributed by atoms with van der Waals surface area (Å²) in [6.45, 7) is 0.240. The Morgan fingerprint density at radius 3 is 2.92 bits per heavy atom. The number of pyridine rings is 1. The lowest BCUT2D eigenvalue weighted by Crippen LogP contribution is -2.24. The molecule has 3 aromatic rings. The van der Waals surface area contributed by atoms with Gasteiger partial charge in [0.2, 0.25) is 5.78 Å². The highest BCUT2D eigenvalue weighted by atomic mass is 35.5. The van der Waals surface area contributed by atoms with Crippen molar-refractivity contribution in [3.05, 3.63) is 67.5 Å². The number of ether oxygens (including phenoxy) is 1. The summed E-state index contributed by atoms with van der Waals surface area (Å²) >= 11 is 13.8. The Hall–Kier alpha value is -2.23. The second-order valence-electron chi connectivity index (χ2n) is 9.05. The third-order valence-corrected chi connectivity index (χ3v) is 8.57. The summed E-state index contributed by atoms with van der Waals surface area (Å²) in [5.74, 6) is -0.506. The first-order valence-electron chi connectivity index (χ1n) is 11.6. The minimum absolute atomic E-state index is 0.224. The van der Waals surface area contributed by atoms with Crippen LogP contribution in [-0.4, -0.2) is 59.6 Å². The van der Waals surface area contributed by atoms with Gasteiger partial charge in [0.05, 0.1) is 39.8 Å². The number of nitrogens with zero attached hydrogens (tertiary/aromatic N) is 3. The van der Waals surface area contributed by atoms with Gasteiger partial charge in [0.1, 0.15) is 23.4 Å². The third kappa shape index (κ3) is 6.00. The summed E-state index contributed by atoms with van der Waals surface area (Å²) in [5, 5.41) is 18.7. The Kier molecular flexibility index (Phi) is 7.99. The van der Waals surface area contributed by atoms with E-state index in [1.807, 2.05) is 6.07 Å². The van der Waals surface area contributed by atoms with Crippen molar-refractivity contribution < 1.29 is 27.2 Å². The number of nitrogens with two attached hydrogens (primary N) is 1. The number of fused-ring (bicyclic) bond motifs is 1. The number of aromatic nitrogens is 3. The van der Waals surface area contributed by atoms with E-state index in [4.69, 9.17) is 33.1 Å². The number of ketones is 1. The Bertz CT molecular complexity index is 1470. The maximum Gasteiger partial charge on any atom is 0.333 e. The maximum atomic E-state index is 13.5. The molecule has 1 aliphatic carbocycles. The molecule has 202 valence electrons. The first-order valence-corrected chi connectivity index (χ1v) is 14.7. The number of aliphatic hydroxyl groups excluding tert-OH is 1. The minimum Gasteiger partial charge on any atom is -0.393 e. The van der Waals surface area contributed by atoms with Gasteiger partial charge in [-0.3, -0.25) is 8.98 Å². The fourth-order valence-electron chi connectivity index (χ4n) is 4.71. The number of carbonyl (C=O) groups excluding carboxylic acids is 1. The van der Waals surface area contributed by atoms with Crippen molar-refractivity contribution in [1.29, 1.82) is 0 Å². The van der Waals surface area contributed by atoms with Crippen molar-refractivity contribution in [3.63, 3.8) is 0 Å². The second-order valence-corrected chi connectivity index (χ2v) is 12.3. The molecule has 5 rings (SSSR count). The van der Waals surface area contributed by atoms with E-state index in [2.05, 4.69) is 24.5 Å². The Balaban J connectivity index is 1.35. The number of carbonyl (C=O) groups is 1. The zero-order chi connectivity index (χ0) is 27.0. The molecule has 3 aromatic heterocycles. The van der Waals surface area contributed by atoms with E-state index in [1.54, 1.807) is 12.1 Å². The van der Waals surface area contributed by atoms with E-state index in [0.717, 1.165) is 16.9 Å². The van der Waals surface area contributed by atoms with Crippen molar-refractivity contribution in [2.75, 3.05) is 18.5 Å². The zero-order valence-corrected chi connectivity index (χ0v) is 22.9. The van der Waals surface area contributed by atoms with Gasteiger partial charge in [0.25, 0.3) is 0 Å². The molecule has 1 fully saturated rings. The molecule has 0 aromatic carbocycles. The van der Waals surface area contributed by atoms with Crippen molar-refractivity contribution in [2.24, 2.45) is 11.1 Å². The second kappa shape index (κ2) is 11.1. The van der Waals surface area contributed by atoms with Crippen molar-refractivity contribution in [2.45, 2.75) is 37.5 Å². The van der Waals surface area contributed by atoms with Crippen LogP contribution < -0.4 is 10.5 Å². The molecule has 0 spiro atoms. The van der Waals surface area contributed by atoms with Gasteiger partial charge in [0.15, 0.2) is 0 Å². The van der Waals surface area contributed by atoms with Gasteiger partial charge in [0, 0.05) is 23.7 Å². The summed E-state index contributed by atoms with van der Waals surface area (Å²) in [4.78, 5) is 26.6. The van der Waals surface area contributed by atoms with Gasteiger partial charge in [-0.1, -0.05) is 29.3 Å². The number of halogens is 2. The molecule has 4 N–H and O–H groups in total.